The molecule has 1 aliphatic rings. The van der Waals surface area contributed by atoms with Gasteiger partial charge in [-0.3, -0.25) is 4.90 Å². The number of carbonyl (C=O) groups is 1. The third-order valence-corrected chi connectivity index (χ3v) is 4.21. The smallest absolute Gasteiger partial charge is 0.346 e. The van der Waals surface area contributed by atoms with Crippen molar-refractivity contribution in [2.45, 2.75) is 13.0 Å². The minimum atomic E-state index is -0.854. The van der Waals surface area contributed by atoms with Crippen LogP contribution in [0.1, 0.15) is 6.92 Å². The Bertz CT molecular complexity index is 834. The fourth-order valence-corrected chi connectivity index (χ4v) is 2.60. The minimum Gasteiger partial charge on any atom is -0.376 e. The van der Waals surface area contributed by atoms with Gasteiger partial charge >= 0.3 is 6.03 Å². The topological polar surface area (TPSA) is 67.9 Å². The zero-order valence-electron chi connectivity index (χ0n) is 14.7. The summed E-state index contributed by atoms with van der Waals surface area (Å²) in [5, 5.41) is 14.4. The minimum absolute atomic E-state index is 0.384. The van der Waals surface area contributed by atoms with Gasteiger partial charge in [-0.25, -0.2) is 14.8 Å². The van der Waals surface area contributed by atoms with Gasteiger partial charge < -0.3 is 5.11 Å². The molecule has 0 aromatic heterocycles. The largest absolute Gasteiger partial charge is 0.376 e. The number of nitrogens with zero attached hydrogens (tertiary/aromatic N) is 3. The normalized spacial score (nSPS) is 18.1. The Morgan fingerprint density at radius 1 is 1.08 bits per heavy atom. The third kappa shape index (κ3) is 3.70. The maximum atomic E-state index is 12.8. The summed E-state index contributed by atoms with van der Waals surface area (Å²) in [5.41, 5.74) is 5.11. The lowest BCUT2D eigenvalue weighted by Crippen LogP contribution is -2.39. The van der Waals surface area contributed by atoms with E-state index in [1.165, 1.54) is 4.90 Å². The Morgan fingerprint density at radius 3 is 2.15 bits per heavy atom. The fourth-order valence-electron chi connectivity index (χ4n) is 2.60. The van der Waals surface area contributed by atoms with Crippen molar-refractivity contribution in [3.63, 3.8) is 0 Å². The number of anilines is 2. The Hall–Kier alpha value is -3.25. The van der Waals surface area contributed by atoms with E-state index in [1.807, 2.05) is 79.2 Å². The van der Waals surface area contributed by atoms with E-state index in [0.717, 1.165) is 17.1 Å². The fraction of sp³-hybridized carbons (Fsp3) is 0.150. The molecule has 1 atom stereocenters. The number of carbonyl (C=O) groups excluding carboxylic acids is 1. The van der Waals surface area contributed by atoms with Gasteiger partial charge in [0.25, 0.3) is 0 Å². The maximum Gasteiger partial charge on any atom is 0.346 e. The number of rotatable bonds is 3. The molecule has 0 saturated carbocycles. The van der Waals surface area contributed by atoms with Crippen molar-refractivity contribution in [2.75, 3.05) is 11.9 Å². The molecule has 2 aromatic carbocycles. The lowest BCUT2D eigenvalue weighted by Gasteiger charge is -2.22. The lowest BCUT2D eigenvalue weighted by atomic mass is 10.1. The van der Waals surface area contributed by atoms with E-state index in [9.17, 15) is 9.90 Å². The van der Waals surface area contributed by atoms with Gasteiger partial charge in [0, 0.05) is 13.0 Å². The van der Waals surface area contributed by atoms with Crippen LogP contribution in [0.5, 0.6) is 0 Å². The number of hydrazone groups is 1. The highest BCUT2D eigenvalue weighted by Gasteiger charge is 2.25. The third-order valence-electron chi connectivity index (χ3n) is 4.21. The first kappa shape index (κ1) is 17.6. The molecule has 6 nitrogen and oxygen atoms in total. The van der Waals surface area contributed by atoms with E-state index in [0.29, 0.717) is 5.71 Å². The van der Waals surface area contributed by atoms with Crippen LogP contribution in [0.15, 0.2) is 78.0 Å². The molecule has 1 unspecified atom stereocenters. The predicted octanol–water partition coefficient (Wildman–Crippen LogP) is 2.88. The number of aliphatic hydroxyl groups excluding tert-OH is 1. The first-order valence-corrected chi connectivity index (χ1v) is 8.28. The van der Waals surface area contributed by atoms with Crippen LogP contribution in [0.25, 0.3) is 0 Å². The van der Waals surface area contributed by atoms with E-state index >= 15 is 0 Å². The van der Waals surface area contributed by atoms with Crippen molar-refractivity contribution in [2.24, 2.45) is 5.10 Å². The first-order valence-electron chi connectivity index (χ1n) is 8.28. The number of hydrogen-bond donors (Lipinski definition) is 2. The summed E-state index contributed by atoms with van der Waals surface area (Å²) < 4.78 is 1.81. The van der Waals surface area contributed by atoms with Gasteiger partial charge in [-0.05, 0) is 24.3 Å². The van der Waals surface area contributed by atoms with Crippen molar-refractivity contribution < 1.29 is 14.5 Å². The Labute approximate surface area is 152 Å². The van der Waals surface area contributed by atoms with Crippen molar-refractivity contribution in [3.8, 4) is 0 Å². The van der Waals surface area contributed by atoms with E-state index in [-0.39, 0.29) is 0 Å². The SMILES string of the molecule is CC1=[N+](C)C=CC(=NNC(=O)N(c2ccccc2)c2ccccc2)C1O. The highest BCUT2D eigenvalue weighted by molar-refractivity contribution is 6.14. The number of hydrogen-bond acceptors (Lipinski definition) is 3. The Balaban J connectivity index is 1.86. The molecule has 132 valence electrons. The molecule has 1 aliphatic heterocycles. The molecule has 0 aliphatic carbocycles. The molecule has 26 heavy (non-hydrogen) atoms. The second-order valence-corrected chi connectivity index (χ2v) is 5.93. The number of para-hydroxylation sites is 2. The lowest BCUT2D eigenvalue weighted by molar-refractivity contribution is -0.426. The number of aliphatic hydroxyl groups is 1. The van der Waals surface area contributed by atoms with Crippen molar-refractivity contribution in [3.05, 3.63) is 72.9 Å². The quantitative estimate of drug-likeness (QED) is 0.661. The van der Waals surface area contributed by atoms with Gasteiger partial charge in [-0.15, -0.1) is 0 Å². The molecule has 1 heterocycles. The molecular formula is C20H21N4O2+. The zero-order chi connectivity index (χ0) is 18.5. The molecule has 2 aromatic rings. The number of benzene rings is 2. The number of urea groups is 1. The molecule has 2 amide bonds. The van der Waals surface area contributed by atoms with Crippen LogP contribution in [-0.4, -0.2) is 40.3 Å². The molecule has 0 fully saturated rings. The van der Waals surface area contributed by atoms with Gasteiger partial charge in [-0.1, -0.05) is 36.4 Å². The Morgan fingerprint density at radius 2 is 1.62 bits per heavy atom. The molecule has 6 heteroatoms. The van der Waals surface area contributed by atoms with Gasteiger partial charge in [0.2, 0.25) is 0 Å². The van der Waals surface area contributed by atoms with Gasteiger partial charge in [0.1, 0.15) is 12.8 Å². The highest BCUT2D eigenvalue weighted by Crippen LogP contribution is 2.24. The second-order valence-electron chi connectivity index (χ2n) is 5.93. The maximum absolute atomic E-state index is 12.8. The summed E-state index contributed by atoms with van der Waals surface area (Å²) in [6.07, 6.45) is 2.61. The molecule has 0 spiro atoms. The standard InChI is InChI=1S/C20H20N4O2/c1-15-19(25)18(13-14-23(15)2)21-22-20(26)24(16-9-5-3-6-10-16)17-11-7-4-8-12-17/h3-14,19,25H,1-2H3/p+1. The Kier molecular flexibility index (Phi) is 5.24. The summed E-state index contributed by atoms with van der Waals surface area (Å²) in [5.74, 6) is 0. The predicted molar refractivity (Wildman–Crippen MR) is 103 cm³/mol. The van der Waals surface area contributed by atoms with E-state index in [2.05, 4.69) is 10.5 Å². The van der Waals surface area contributed by atoms with Crippen molar-refractivity contribution in [1.82, 2.24) is 5.43 Å². The van der Waals surface area contributed by atoms with Gasteiger partial charge in [0.15, 0.2) is 18.0 Å². The summed E-state index contributed by atoms with van der Waals surface area (Å²) >= 11 is 0. The van der Waals surface area contributed by atoms with Crippen LogP contribution in [-0.2, 0) is 0 Å². The van der Waals surface area contributed by atoms with Gasteiger partial charge in [0.05, 0.1) is 11.4 Å². The molecule has 0 radical (unpaired) electrons. The highest BCUT2D eigenvalue weighted by atomic mass is 16.3. The molecule has 3 rings (SSSR count). The molecular weight excluding hydrogens is 328 g/mol. The van der Waals surface area contributed by atoms with Crippen LogP contribution in [0, 0.1) is 0 Å². The average molecular weight is 349 g/mol. The molecule has 0 saturated heterocycles. The summed E-state index contributed by atoms with van der Waals surface area (Å²) in [7, 11) is 1.84. The first-order chi connectivity index (χ1) is 12.6. The summed E-state index contributed by atoms with van der Waals surface area (Å²) in [6, 6.07) is 18.2. The van der Waals surface area contributed by atoms with Crippen LogP contribution in [0.4, 0.5) is 16.2 Å². The van der Waals surface area contributed by atoms with Crippen molar-refractivity contribution in [1.29, 1.82) is 0 Å². The number of nitrogens with one attached hydrogen (secondary N) is 1. The van der Waals surface area contributed by atoms with E-state index in [4.69, 9.17) is 0 Å². The number of amides is 2. The summed E-state index contributed by atoms with van der Waals surface area (Å²) in [6.45, 7) is 1.81. The summed E-state index contributed by atoms with van der Waals surface area (Å²) in [4.78, 5) is 14.4. The second kappa shape index (κ2) is 7.76. The monoisotopic (exact) mass is 349 g/mol. The zero-order valence-corrected chi connectivity index (χ0v) is 14.7. The molecule has 2 N–H and O–H groups in total. The van der Waals surface area contributed by atoms with Crippen LogP contribution in [0.3, 0.4) is 0 Å². The van der Waals surface area contributed by atoms with E-state index in [1.54, 1.807) is 12.3 Å². The van der Waals surface area contributed by atoms with Crippen molar-refractivity contribution >= 4 is 28.8 Å². The van der Waals surface area contributed by atoms with E-state index < -0.39 is 12.1 Å². The van der Waals surface area contributed by atoms with Crippen LogP contribution >= 0.6 is 0 Å². The van der Waals surface area contributed by atoms with Crippen LogP contribution < -0.4 is 10.3 Å². The van der Waals surface area contributed by atoms with Gasteiger partial charge in [-0.2, -0.15) is 5.10 Å². The van der Waals surface area contributed by atoms with Crippen LogP contribution in [0.2, 0.25) is 0 Å². The average Bonchev–Trinajstić information content (AvgIpc) is 2.67. The molecule has 0 bridgehead atoms.